The quantitative estimate of drug-likeness (QED) is 0.356. The Morgan fingerprint density at radius 2 is 1.90 bits per heavy atom. The van der Waals surface area contributed by atoms with Crippen molar-refractivity contribution in [2.24, 2.45) is 5.73 Å². The minimum Gasteiger partial charge on any atom is -0.756 e. The largest absolute Gasteiger partial charge is 0.756 e. The summed E-state index contributed by atoms with van der Waals surface area (Å²) >= 11 is 0. The second kappa shape index (κ2) is 10.6. The fourth-order valence-corrected chi connectivity index (χ4v) is 4.38. The molecule has 4 radical (unpaired) electrons. The van der Waals surface area contributed by atoms with Crippen LogP contribution in [0.2, 0.25) is 0 Å². The molecule has 3 unspecified atom stereocenters. The van der Waals surface area contributed by atoms with Crippen molar-refractivity contribution in [2.45, 2.75) is 88.7 Å². The van der Waals surface area contributed by atoms with E-state index in [4.69, 9.17) is 49.4 Å². The van der Waals surface area contributed by atoms with Gasteiger partial charge >= 0.3 is 0 Å². The van der Waals surface area contributed by atoms with Crippen molar-refractivity contribution >= 4 is 23.5 Å². The van der Waals surface area contributed by atoms with E-state index in [0.29, 0.717) is 6.42 Å². The van der Waals surface area contributed by atoms with Gasteiger partial charge in [-0.1, -0.05) is 0 Å². The van der Waals surface area contributed by atoms with E-state index in [0.717, 1.165) is 0 Å². The maximum absolute atomic E-state index is 12.5. The molecule has 0 saturated carbocycles. The molecule has 2 fully saturated rings. The van der Waals surface area contributed by atoms with Gasteiger partial charge in [0, 0.05) is 18.6 Å². The number of hydrogen-bond donors (Lipinski definition) is 1. The van der Waals surface area contributed by atoms with Crippen LogP contribution in [0.5, 0.6) is 0 Å². The van der Waals surface area contributed by atoms with Crippen LogP contribution < -0.4 is 10.6 Å². The molecule has 0 spiro atoms. The molecule has 0 aliphatic carbocycles. The summed E-state index contributed by atoms with van der Waals surface area (Å²) < 4.78 is 45.4. The van der Waals surface area contributed by atoms with Crippen LogP contribution in [0, 0.1) is 0 Å². The zero-order valence-electron chi connectivity index (χ0n) is 17.5. The summed E-state index contributed by atoms with van der Waals surface area (Å²) in [5.41, 5.74) is 4.68. The summed E-state index contributed by atoms with van der Waals surface area (Å²) in [5.74, 6) is 0. The first kappa shape index (κ1) is 25.3. The van der Waals surface area contributed by atoms with Crippen LogP contribution in [0.1, 0.15) is 40.5 Å². The first-order chi connectivity index (χ1) is 13.5. The van der Waals surface area contributed by atoms with Crippen molar-refractivity contribution in [1.29, 1.82) is 0 Å². The summed E-state index contributed by atoms with van der Waals surface area (Å²) in [4.78, 5) is 12.5. The van der Waals surface area contributed by atoms with Gasteiger partial charge in [0.2, 0.25) is 0 Å². The fraction of sp³-hybridized carbons (Fsp3) is 1.00. The maximum atomic E-state index is 12.5. The fourth-order valence-electron chi connectivity index (χ4n) is 3.40. The maximum Gasteiger partial charge on any atom is 0.268 e. The van der Waals surface area contributed by atoms with Crippen LogP contribution in [0.4, 0.5) is 0 Å². The van der Waals surface area contributed by atoms with Crippen molar-refractivity contribution in [1.82, 2.24) is 0 Å². The van der Waals surface area contributed by atoms with E-state index in [2.05, 4.69) is 0 Å². The van der Waals surface area contributed by atoms with Crippen LogP contribution in [0.15, 0.2) is 0 Å². The molecule has 0 bridgehead atoms. The molecule has 7 atom stereocenters. The number of phosphoric ester groups is 1. The Hall–Kier alpha value is 0.0399. The van der Waals surface area contributed by atoms with E-state index < -0.39 is 37.6 Å². The standard InChI is InChI=1S/C17H32B2NO8P/c1-10(2)23-9-17(8-20)14(6-16(19)27-17)28-29(21,22)24-7-13-12(25-11(3)4)5-15(18)26-13/h10-16H,5-9,20H2,1-4H3,(H,21,22)/p-1/t12?,13-,14?,15-,16-,17-/m1/s1. The number of rotatable bonds is 11. The SMILES string of the molecule is [B][C@H]1CC(OC(C)C)[C@@H](COP(=O)([O-])OC2C[C@H]([B])O[C@]2(CN)COC(C)C)O1. The van der Waals surface area contributed by atoms with Gasteiger partial charge in [-0.15, -0.1) is 0 Å². The number of phosphoric acid groups is 1. The Morgan fingerprint density at radius 1 is 1.21 bits per heavy atom. The van der Waals surface area contributed by atoms with Crippen molar-refractivity contribution in [3.63, 3.8) is 0 Å². The number of hydrogen-bond acceptors (Lipinski definition) is 9. The Balaban J connectivity index is 1.98. The molecule has 0 aromatic heterocycles. The Bertz CT molecular complexity index is 572. The van der Waals surface area contributed by atoms with Crippen molar-refractivity contribution in [3.8, 4) is 0 Å². The molecule has 0 aromatic carbocycles. The first-order valence-electron chi connectivity index (χ1n) is 9.92. The van der Waals surface area contributed by atoms with Crippen molar-refractivity contribution < 1.29 is 37.5 Å². The van der Waals surface area contributed by atoms with Gasteiger partial charge in [0.15, 0.2) is 0 Å². The Kier molecular flexibility index (Phi) is 9.22. The zero-order chi connectivity index (χ0) is 21.8. The molecule has 0 amide bonds. The van der Waals surface area contributed by atoms with Gasteiger partial charge in [-0.3, -0.25) is 4.57 Å². The van der Waals surface area contributed by atoms with Gasteiger partial charge in [0.25, 0.3) is 7.82 Å². The lowest BCUT2D eigenvalue weighted by Gasteiger charge is -2.37. The van der Waals surface area contributed by atoms with Crippen LogP contribution in [-0.4, -0.2) is 83.6 Å². The highest BCUT2D eigenvalue weighted by molar-refractivity contribution is 7.45. The molecule has 2 saturated heterocycles. The zero-order valence-corrected chi connectivity index (χ0v) is 18.4. The topological polar surface area (TPSA) is 122 Å². The normalized spacial score (nSPS) is 37.4. The van der Waals surface area contributed by atoms with Gasteiger partial charge in [0.1, 0.15) is 33.5 Å². The molecule has 2 N–H and O–H groups in total. The molecule has 2 rings (SSSR count). The predicted molar refractivity (Wildman–Crippen MR) is 106 cm³/mol. The van der Waals surface area contributed by atoms with E-state index in [1.807, 2.05) is 27.7 Å². The average molecular weight is 430 g/mol. The summed E-state index contributed by atoms with van der Waals surface area (Å²) in [5, 5.41) is 0. The molecule has 9 nitrogen and oxygen atoms in total. The van der Waals surface area contributed by atoms with E-state index in [9.17, 15) is 9.46 Å². The van der Waals surface area contributed by atoms with Crippen molar-refractivity contribution in [3.05, 3.63) is 0 Å². The molecule has 2 heterocycles. The molecule has 2 aliphatic rings. The molecular formula is C17H31B2NO8P-. The smallest absolute Gasteiger partial charge is 0.268 e. The highest BCUT2D eigenvalue weighted by atomic mass is 31.2. The third kappa shape index (κ3) is 7.30. The van der Waals surface area contributed by atoms with E-state index >= 15 is 0 Å². The monoisotopic (exact) mass is 430 g/mol. The van der Waals surface area contributed by atoms with Gasteiger partial charge in [0.05, 0.1) is 31.5 Å². The lowest BCUT2D eigenvalue weighted by molar-refractivity contribution is -0.238. The highest BCUT2D eigenvalue weighted by Crippen LogP contribution is 2.46. The minimum atomic E-state index is -4.71. The van der Waals surface area contributed by atoms with Crippen molar-refractivity contribution in [2.75, 3.05) is 19.8 Å². The first-order valence-corrected chi connectivity index (χ1v) is 11.4. The minimum absolute atomic E-state index is 0.0248. The van der Waals surface area contributed by atoms with E-state index in [1.54, 1.807) is 0 Å². The summed E-state index contributed by atoms with van der Waals surface area (Å²) in [6.07, 6.45) is -1.49. The molecule has 2 aliphatic heterocycles. The van der Waals surface area contributed by atoms with Gasteiger partial charge in [-0.2, -0.15) is 0 Å². The van der Waals surface area contributed by atoms with Gasteiger partial charge in [-0.05, 0) is 40.5 Å². The summed E-state index contributed by atoms with van der Waals surface area (Å²) in [6, 6.07) is -1.27. The Labute approximate surface area is 175 Å². The number of ether oxygens (including phenoxy) is 4. The van der Waals surface area contributed by atoms with Gasteiger partial charge < -0.3 is 38.6 Å². The molecule has 12 heteroatoms. The third-order valence-electron chi connectivity index (χ3n) is 4.75. The third-order valence-corrected chi connectivity index (χ3v) is 5.73. The molecule has 29 heavy (non-hydrogen) atoms. The Morgan fingerprint density at radius 3 is 2.48 bits per heavy atom. The summed E-state index contributed by atoms with van der Waals surface area (Å²) in [7, 11) is 6.94. The molecule has 0 aromatic rings. The van der Waals surface area contributed by atoms with Crippen LogP contribution in [0.3, 0.4) is 0 Å². The van der Waals surface area contributed by atoms with Crippen LogP contribution in [-0.2, 0) is 32.6 Å². The number of nitrogens with two attached hydrogens (primary N) is 1. The second-order valence-corrected chi connectivity index (χ2v) is 9.39. The van der Waals surface area contributed by atoms with Crippen LogP contribution >= 0.6 is 7.82 Å². The predicted octanol–water partition coefficient (Wildman–Crippen LogP) is -0.0289. The lowest BCUT2D eigenvalue weighted by Crippen LogP contribution is -2.52. The molecular weight excluding hydrogens is 399 g/mol. The average Bonchev–Trinajstić information content (AvgIpc) is 3.09. The summed E-state index contributed by atoms with van der Waals surface area (Å²) in [6.45, 7) is 7.19. The van der Waals surface area contributed by atoms with Crippen LogP contribution in [0.25, 0.3) is 0 Å². The lowest BCUT2D eigenvalue weighted by atomic mass is 9.92. The van der Waals surface area contributed by atoms with E-state index in [1.165, 1.54) is 0 Å². The highest BCUT2D eigenvalue weighted by Gasteiger charge is 2.49. The molecule has 164 valence electrons. The second-order valence-electron chi connectivity index (χ2n) is 8.03. The van der Waals surface area contributed by atoms with Gasteiger partial charge in [-0.25, -0.2) is 0 Å². The van der Waals surface area contributed by atoms with E-state index in [-0.39, 0.29) is 44.5 Å².